The molecule has 0 bridgehead atoms. The molecule has 0 radical (unpaired) electrons. The molecular weight excluding hydrogens is 352 g/mol. The van der Waals surface area contributed by atoms with Gasteiger partial charge in [0, 0.05) is 0 Å². The van der Waals surface area contributed by atoms with E-state index in [4.69, 9.17) is 9.84 Å². The Balaban J connectivity index is 0.000000280. The fourth-order valence-electron chi connectivity index (χ4n) is 2.31. The van der Waals surface area contributed by atoms with Crippen molar-refractivity contribution in [1.82, 2.24) is 0 Å². The molecule has 28 heavy (non-hydrogen) atoms. The van der Waals surface area contributed by atoms with Crippen molar-refractivity contribution in [3.05, 3.63) is 71.8 Å². The molecule has 152 valence electrons. The summed E-state index contributed by atoms with van der Waals surface area (Å²) in [6, 6.07) is 19.7. The van der Waals surface area contributed by atoms with E-state index in [2.05, 4.69) is 0 Å². The van der Waals surface area contributed by atoms with Gasteiger partial charge in [-0.2, -0.15) is 0 Å². The van der Waals surface area contributed by atoms with Gasteiger partial charge in [-0.05, 0) is 44.7 Å². The first kappa shape index (κ1) is 23.4. The molecule has 0 aliphatic carbocycles. The highest BCUT2D eigenvalue weighted by atomic mass is 16.5. The van der Waals surface area contributed by atoms with Gasteiger partial charge >= 0.3 is 11.9 Å². The minimum atomic E-state index is -0.728. The second kappa shape index (κ2) is 11.3. The van der Waals surface area contributed by atoms with Crippen LogP contribution < -0.4 is 0 Å². The molecule has 2 aromatic carbocycles. The second-order valence-corrected chi connectivity index (χ2v) is 7.82. The number of esters is 1. The number of carbonyl (C=O) groups excluding carboxylic acids is 1. The number of aryl methyl sites for hydroxylation is 1. The van der Waals surface area contributed by atoms with Crippen molar-refractivity contribution < 1.29 is 19.4 Å². The second-order valence-electron chi connectivity index (χ2n) is 7.82. The van der Waals surface area contributed by atoms with Gasteiger partial charge in [0.05, 0.1) is 11.3 Å². The van der Waals surface area contributed by atoms with Crippen LogP contribution in [0.5, 0.6) is 0 Å². The smallest absolute Gasteiger partial charge is 0.309 e. The largest absolute Gasteiger partial charge is 0.481 e. The van der Waals surface area contributed by atoms with Gasteiger partial charge in [-0.25, -0.2) is 0 Å². The summed E-state index contributed by atoms with van der Waals surface area (Å²) in [4.78, 5) is 22.1. The molecule has 4 heteroatoms. The van der Waals surface area contributed by atoms with Crippen molar-refractivity contribution >= 4 is 11.9 Å². The van der Waals surface area contributed by atoms with Crippen molar-refractivity contribution in [1.29, 1.82) is 0 Å². The predicted octanol–water partition coefficient (Wildman–Crippen LogP) is 5.68. The highest BCUT2D eigenvalue weighted by Gasteiger charge is 2.26. The van der Waals surface area contributed by atoms with Crippen molar-refractivity contribution in [3.8, 4) is 0 Å². The van der Waals surface area contributed by atoms with E-state index in [1.165, 1.54) is 5.56 Å². The Morgan fingerprint density at radius 1 is 0.929 bits per heavy atom. The van der Waals surface area contributed by atoms with E-state index in [-0.39, 0.29) is 18.0 Å². The lowest BCUT2D eigenvalue weighted by Gasteiger charge is -2.18. The maximum atomic E-state index is 11.3. The van der Waals surface area contributed by atoms with Crippen LogP contribution in [0.1, 0.15) is 58.3 Å². The van der Waals surface area contributed by atoms with E-state index in [1.54, 1.807) is 13.8 Å². The number of ether oxygens (including phenoxy) is 1. The Morgan fingerprint density at radius 2 is 1.43 bits per heavy atom. The number of aliphatic carboxylic acids is 1. The topological polar surface area (TPSA) is 63.6 Å². The van der Waals surface area contributed by atoms with Crippen molar-refractivity contribution in [2.75, 3.05) is 0 Å². The predicted molar refractivity (Wildman–Crippen MR) is 112 cm³/mol. The minimum Gasteiger partial charge on any atom is -0.481 e. The van der Waals surface area contributed by atoms with Gasteiger partial charge in [0.25, 0.3) is 0 Å². The van der Waals surface area contributed by atoms with Crippen LogP contribution in [0.4, 0.5) is 0 Å². The third kappa shape index (κ3) is 8.38. The molecule has 0 aromatic heterocycles. The molecule has 4 nitrogen and oxygen atoms in total. The van der Waals surface area contributed by atoms with E-state index < -0.39 is 11.4 Å². The van der Waals surface area contributed by atoms with Gasteiger partial charge in [0.2, 0.25) is 0 Å². The summed E-state index contributed by atoms with van der Waals surface area (Å²) in [7, 11) is 0. The zero-order valence-electron chi connectivity index (χ0n) is 17.5. The van der Waals surface area contributed by atoms with Gasteiger partial charge in [-0.15, -0.1) is 0 Å². The van der Waals surface area contributed by atoms with Gasteiger partial charge in [0.15, 0.2) is 0 Å². The first-order valence-electron chi connectivity index (χ1n) is 9.66. The fourth-order valence-corrected chi connectivity index (χ4v) is 2.31. The molecule has 0 heterocycles. The van der Waals surface area contributed by atoms with Crippen molar-refractivity contribution in [2.45, 2.75) is 53.6 Å². The Bertz CT molecular complexity index is 721. The Morgan fingerprint density at radius 3 is 1.89 bits per heavy atom. The quantitative estimate of drug-likeness (QED) is 0.624. The standard InChI is InChI=1S/2C12H16O2/c1-9(2)12(13)14-10(3)11-7-5-4-6-8-11;1-12(2,11(13)14)9-8-10-6-4-3-5-7-10/h4-10H,1-3H3;3-7H,8-9H2,1-2H3,(H,13,14). The van der Waals surface area contributed by atoms with E-state index in [0.29, 0.717) is 6.42 Å². The SMILES string of the molecule is CC(C)(CCc1ccccc1)C(=O)O.CC(C)C(=O)OC(C)c1ccccc1. The van der Waals surface area contributed by atoms with Crippen LogP contribution in [0.2, 0.25) is 0 Å². The van der Waals surface area contributed by atoms with Crippen molar-refractivity contribution in [2.24, 2.45) is 11.3 Å². The first-order valence-corrected chi connectivity index (χ1v) is 9.66. The van der Waals surface area contributed by atoms with Crippen LogP contribution in [0, 0.1) is 11.3 Å². The molecule has 1 N–H and O–H groups in total. The van der Waals surface area contributed by atoms with E-state index >= 15 is 0 Å². The molecule has 2 rings (SSSR count). The van der Waals surface area contributed by atoms with Crippen molar-refractivity contribution in [3.63, 3.8) is 0 Å². The summed E-state index contributed by atoms with van der Waals surface area (Å²) >= 11 is 0. The number of carbonyl (C=O) groups is 2. The molecule has 1 atom stereocenters. The molecule has 2 aromatic rings. The Kier molecular flexibility index (Phi) is 9.43. The van der Waals surface area contributed by atoms with Crippen LogP contribution in [0.25, 0.3) is 0 Å². The molecular formula is C24H32O4. The summed E-state index contributed by atoms with van der Waals surface area (Å²) in [5.41, 5.74) is 1.60. The highest BCUT2D eigenvalue weighted by molar-refractivity contribution is 5.73. The number of benzene rings is 2. The molecule has 0 spiro atoms. The number of carboxylic acid groups (broad SMARTS) is 1. The van der Waals surface area contributed by atoms with E-state index in [9.17, 15) is 9.59 Å². The number of rotatable bonds is 7. The van der Waals surface area contributed by atoms with Crippen LogP contribution in [-0.4, -0.2) is 17.0 Å². The fraction of sp³-hybridized carbons (Fsp3) is 0.417. The van der Waals surface area contributed by atoms with Crippen LogP contribution in [-0.2, 0) is 20.7 Å². The average Bonchev–Trinajstić information content (AvgIpc) is 2.68. The lowest BCUT2D eigenvalue weighted by molar-refractivity contribution is -0.152. The van der Waals surface area contributed by atoms with Crippen LogP contribution >= 0.6 is 0 Å². The summed E-state index contributed by atoms with van der Waals surface area (Å²) in [5, 5.41) is 8.92. The monoisotopic (exact) mass is 384 g/mol. The van der Waals surface area contributed by atoms with E-state index in [0.717, 1.165) is 12.0 Å². The molecule has 0 fully saturated rings. The highest BCUT2D eigenvalue weighted by Crippen LogP contribution is 2.22. The molecule has 0 amide bonds. The zero-order chi connectivity index (χ0) is 21.2. The first-order chi connectivity index (χ1) is 13.1. The zero-order valence-corrected chi connectivity index (χ0v) is 17.5. The molecule has 0 saturated heterocycles. The van der Waals surface area contributed by atoms with Gasteiger partial charge in [-0.1, -0.05) is 74.5 Å². The normalized spacial score (nSPS) is 11.9. The van der Waals surface area contributed by atoms with Crippen LogP contribution in [0.3, 0.4) is 0 Å². The lowest BCUT2D eigenvalue weighted by Crippen LogP contribution is -2.24. The third-order valence-electron chi connectivity index (χ3n) is 4.49. The Hall–Kier alpha value is -2.62. The third-order valence-corrected chi connectivity index (χ3v) is 4.49. The average molecular weight is 385 g/mol. The maximum absolute atomic E-state index is 11.3. The minimum absolute atomic E-state index is 0.0684. The van der Waals surface area contributed by atoms with Gasteiger partial charge in [0.1, 0.15) is 6.10 Å². The molecule has 0 aliphatic heterocycles. The summed E-state index contributed by atoms with van der Waals surface area (Å²) < 4.78 is 5.26. The Labute approximate surface area is 168 Å². The van der Waals surface area contributed by atoms with E-state index in [1.807, 2.05) is 81.4 Å². The number of carboxylic acids is 1. The lowest BCUT2D eigenvalue weighted by atomic mass is 9.86. The summed E-state index contributed by atoms with van der Waals surface area (Å²) in [6.07, 6.45) is 1.33. The summed E-state index contributed by atoms with van der Waals surface area (Å²) in [6.45, 7) is 9.08. The van der Waals surface area contributed by atoms with Crippen LogP contribution in [0.15, 0.2) is 60.7 Å². The molecule has 1 unspecified atom stereocenters. The molecule has 0 saturated carbocycles. The number of hydrogen-bond donors (Lipinski definition) is 1. The van der Waals surface area contributed by atoms with Gasteiger partial charge < -0.3 is 9.84 Å². The summed E-state index contributed by atoms with van der Waals surface area (Å²) in [5.74, 6) is -0.948. The maximum Gasteiger partial charge on any atom is 0.309 e. The molecule has 0 aliphatic rings. The number of hydrogen-bond acceptors (Lipinski definition) is 3. The van der Waals surface area contributed by atoms with Gasteiger partial charge in [-0.3, -0.25) is 9.59 Å².